The Morgan fingerprint density at radius 1 is 1.03 bits per heavy atom. The van der Waals surface area contributed by atoms with Crippen molar-refractivity contribution in [2.45, 2.75) is 72.0 Å². The molecule has 0 amide bonds. The van der Waals surface area contributed by atoms with Crippen molar-refractivity contribution in [3.8, 4) is 5.75 Å². The highest BCUT2D eigenvalue weighted by atomic mass is 16.4. The number of rotatable bonds is 9. The van der Waals surface area contributed by atoms with Crippen molar-refractivity contribution in [3.63, 3.8) is 0 Å². The van der Waals surface area contributed by atoms with E-state index in [1.54, 1.807) is 0 Å². The second-order valence-corrected chi connectivity index (χ2v) is 9.11. The summed E-state index contributed by atoms with van der Waals surface area (Å²) in [6.45, 7) is 6.50. The maximum absolute atomic E-state index is 12.7. The molecule has 0 saturated carbocycles. The Labute approximate surface area is 184 Å². The van der Waals surface area contributed by atoms with Gasteiger partial charge in [-0.25, -0.2) is 4.79 Å². The molecule has 1 unspecified atom stereocenters. The zero-order valence-electron chi connectivity index (χ0n) is 18.7. The standard InChI is InChI=1S/C27H33NO3/c1-3-4-6-9-19(2)12-13-21-14-24(29)26-22-17-28(16-20-10-7-5-8-11-20)18-23(22)27(30)31-25(26)15-21/h5,7-8,10-11,14-15,19,29H,3-4,6,9,12-13,16-18H2,1-2H3. The maximum atomic E-state index is 12.7. The zero-order valence-corrected chi connectivity index (χ0v) is 18.7. The molecule has 0 aliphatic carbocycles. The Hall–Kier alpha value is -2.59. The third-order valence-electron chi connectivity index (χ3n) is 6.49. The van der Waals surface area contributed by atoms with Crippen molar-refractivity contribution < 1.29 is 9.52 Å². The van der Waals surface area contributed by atoms with Crippen LogP contribution in [0.4, 0.5) is 0 Å². The van der Waals surface area contributed by atoms with Gasteiger partial charge in [-0.3, -0.25) is 4.90 Å². The predicted molar refractivity (Wildman–Crippen MR) is 125 cm³/mol. The van der Waals surface area contributed by atoms with E-state index in [9.17, 15) is 9.90 Å². The summed E-state index contributed by atoms with van der Waals surface area (Å²) in [5.74, 6) is 0.885. The van der Waals surface area contributed by atoms with Crippen molar-refractivity contribution in [2.75, 3.05) is 0 Å². The molecule has 31 heavy (non-hydrogen) atoms. The van der Waals surface area contributed by atoms with E-state index in [2.05, 4.69) is 30.9 Å². The van der Waals surface area contributed by atoms with Gasteiger partial charge >= 0.3 is 5.63 Å². The molecule has 164 valence electrons. The monoisotopic (exact) mass is 419 g/mol. The molecule has 3 aromatic rings. The van der Waals surface area contributed by atoms with Gasteiger partial charge in [0, 0.05) is 19.6 Å². The largest absolute Gasteiger partial charge is 0.507 e. The second kappa shape index (κ2) is 9.69. The molecular weight excluding hydrogens is 386 g/mol. The van der Waals surface area contributed by atoms with Crippen molar-refractivity contribution >= 4 is 11.0 Å². The van der Waals surface area contributed by atoms with Gasteiger partial charge in [-0.15, -0.1) is 0 Å². The number of unbranched alkanes of at least 4 members (excludes halogenated alkanes) is 2. The highest BCUT2D eigenvalue weighted by Crippen LogP contribution is 2.35. The smallest absolute Gasteiger partial charge is 0.341 e. The van der Waals surface area contributed by atoms with E-state index in [4.69, 9.17) is 4.42 Å². The van der Waals surface area contributed by atoms with E-state index in [1.807, 2.05) is 30.3 Å². The molecule has 2 heterocycles. The summed E-state index contributed by atoms with van der Waals surface area (Å²) in [5, 5.41) is 11.5. The zero-order chi connectivity index (χ0) is 21.8. The lowest BCUT2D eigenvalue weighted by Crippen LogP contribution is -2.16. The first-order valence-corrected chi connectivity index (χ1v) is 11.6. The lowest BCUT2D eigenvalue weighted by Gasteiger charge is -2.14. The molecule has 1 N–H and O–H groups in total. The molecule has 1 aromatic heterocycles. The van der Waals surface area contributed by atoms with Crippen LogP contribution in [0.2, 0.25) is 0 Å². The molecule has 1 aliphatic heterocycles. The summed E-state index contributed by atoms with van der Waals surface area (Å²) >= 11 is 0. The van der Waals surface area contributed by atoms with E-state index >= 15 is 0 Å². The van der Waals surface area contributed by atoms with Crippen LogP contribution in [-0.2, 0) is 26.1 Å². The molecule has 2 aromatic carbocycles. The highest BCUT2D eigenvalue weighted by Gasteiger charge is 2.27. The number of hydrogen-bond acceptors (Lipinski definition) is 4. The molecule has 1 atom stereocenters. The van der Waals surface area contributed by atoms with E-state index in [-0.39, 0.29) is 11.4 Å². The van der Waals surface area contributed by atoms with Crippen LogP contribution < -0.4 is 5.63 Å². The lowest BCUT2D eigenvalue weighted by molar-refractivity contribution is 0.274. The van der Waals surface area contributed by atoms with Crippen LogP contribution in [0.25, 0.3) is 11.0 Å². The van der Waals surface area contributed by atoms with Gasteiger partial charge in [0.1, 0.15) is 11.3 Å². The number of hydrogen-bond donors (Lipinski definition) is 1. The summed E-state index contributed by atoms with van der Waals surface area (Å²) in [5.41, 5.74) is 4.08. The first kappa shape index (κ1) is 21.6. The Balaban J connectivity index is 1.52. The number of aryl methyl sites for hydroxylation is 1. The van der Waals surface area contributed by atoms with Crippen LogP contribution in [0.15, 0.2) is 51.7 Å². The first-order valence-electron chi connectivity index (χ1n) is 11.6. The average Bonchev–Trinajstić information content (AvgIpc) is 3.17. The number of benzene rings is 2. The normalized spacial score (nSPS) is 14.8. The quantitative estimate of drug-likeness (QED) is 0.333. The third-order valence-corrected chi connectivity index (χ3v) is 6.49. The van der Waals surface area contributed by atoms with Crippen molar-refractivity contribution in [1.29, 1.82) is 0 Å². The van der Waals surface area contributed by atoms with Gasteiger partial charge in [0.2, 0.25) is 0 Å². The van der Waals surface area contributed by atoms with Crippen LogP contribution in [0.5, 0.6) is 5.75 Å². The van der Waals surface area contributed by atoms with Gasteiger partial charge in [0.15, 0.2) is 0 Å². The summed E-state index contributed by atoms with van der Waals surface area (Å²) in [6, 6.07) is 14.1. The minimum Gasteiger partial charge on any atom is -0.507 e. The van der Waals surface area contributed by atoms with Crippen molar-refractivity contribution in [2.24, 2.45) is 5.92 Å². The van der Waals surface area contributed by atoms with Crippen LogP contribution in [0, 0.1) is 5.92 Å². The fourth-order valence-corrected chi connectivity index (χ4v) is 4.71. The molecule has 0 radical (unpaired) electrons. The van der Waals surface area contributed by atoms with E-state index < -0.39 is 0 Å². The van der Waals surface area contributed by atoms with Crippen LogP contribution in [-0.4, -0.2) is 10.0 Å². The molecule has 0 saturated heterocycles. The van der Waals surface area contributed by atoms with E-state index in [0.717, 1.165) is 30.5 Å². The van der Waals surface area contributed by atoms with Gasteiger partial charge < -0.3 is 9.52 Å². The SMILES string of the molecule is CCCCCC(C)CCc1cc(O)c2c3c(c(=O)oc2c1)CN(Cc1ccccc1)C3. The molecule has 0 spiro atoms. The number of nitrogens with zero attached hydrogens (tertiary/aromatic N) is 1. The number of phenols is 1. The van der Waals surface area contributed by atoms with Gasteiger partial charge in [-0.1, -0.05) is 69.9 Å². The minimum absolute atomic E-state index is 0.229. The Bertz CT molecular complexity index is 1090. The number of fused-ring (bicyclic) bond motifs is 3. The van der Waals surface area contributed by atoms with Gasteiger partial charge in [0.25, 0.3) is 0 Å². The maximum Gasteiger partial charge on any atom is 0.341 e. The number of phenolic OH excluding ortho intramolecular Hbond substituents is 1. The van der Waals surface area contributed by atoms with Gasteiger partial charge in [-0.05, 0) is 47.6 Å². The molecule has 4 nitrogen and oxygen atoms in total. The van der Waals surface area contributed by atoms with Crippen molar-refractivity contribution in [3.05, 3.63) is 75.1 Å². The minimum atomic E-state index is -0.275. The molecule has 0 bridgehead atoms. The summed E-state index contributed by atoms with van der Waals surface area (Å²) in [4.78, 5) is 14.9. The molecular formula is C27H33NO3. The summed E-state index contributed by atoms with van der Waals surface area (Å²) < 4.78 is 5.67. The fourth-order valence-electron chi connectivity index (χ4n) is 4.71. The average molecular weight is 420 g/mol. The van der Waals surface area contributed by atoms with Gasteiger partial charge in [-0.2, -0.15) is 0 Å². The Kier molecular flexibility index (Phi) is 6.77. The van der Waals surface area contributed by atoms with Crippen LogP contribution in [0.1, 0.15) is 68.2 Å². The lowest BCUT2D eigenvalue weighted by atomic mass is 9.95. The first-order chi connectivity index (χ1) is 15.0. The number of aromatic hydroxyl groups is 1. The second-order valence-electron chi connectivity index (χ2n) is 9.11. The highest BCUT2D eigenvalue weighted by molar-refractivity contribution is 5.88. The molecule has 4 heteroatoms. The molecule has 4 rings (SSSR count). The topological polar surface area (TPSA) is 53.7 Å². The Morgan fingerprint density at radius 3 is 2.58 bits per heavy atom. The predicted octanol–water partition coefficient (Wildman–Crippen LogP) is 6.16. The Morgan fingerprint density at radius 2 is 1.81 bits per heavy atom. The molecule has 0 fully saturated rings. The van der Waals surface area contributed by atoms with Crippen LogP contribution >= 0.6 is 0 Å². The van der Waals surface area contributed by atoms with Gasteiger partial charge in [0.05, 0.1) is 10.9 Å². The fraction of sp³-hybridized carbons (Fsp3) is 0.444. The summed E-state index contributed by atoms with van der Waals surface area (Å²) in [6.07, 6.45) is 7.02. The van der Waals surface area contributed by atoms with E-state index in [0.29, 0.717) is 35.5 Å². The van der Waals surface area contributed by atoms with Crippen LogP contribution in [0.3, 0.4) is 0 Å². The molecule has 1 aliphatic rings. The van der Waals surface area contributed by atoms with Crippen molar-refractivity contribution in [1.82, 2.24) is 4.90 Å². The van der Waals surface area contributed by atoms with E-state index in [1.165, 1.54) is 31.2 Å². The third kappa shape index (κ3) is 5.01. The summed E-state index contributed by atoms with van der Waals surface area (Å²) in [7, 11) is 0.